The maximum atomic E-state index is 8.85. The van der Waals surface area contributed by atoms with E-state index in [1.807, 2.05) is 30.3 Å². The zero-order valence-corrected chi connectivity index (χ0v) is 13.6. The van der Waals surface area contributed by atoms with Crippen molar-refractivity contribution in [1.82, 2.24) is 20.2 Å². The van der Waals surface area contributed by atoms with Crippen LogP contribution < -0.4 is 10.6 Å². The molecular weight excluding hydrogens is 326 g/mol. The van der Waals surface area contributed by atoms with Crippen molar-refractivity contribution < 1.29 is 0 Å². The van der Waals surface area contributed by atoms with Crippen LogP contribution in [-0.2, 0) is 0 Å². The standard InChI is InChI=1S/C19H13N7/c20-11-13-6-8-15(9-7-13)23-19-25-17(12-22-26-19)24-16-5-1-3-14-4-2-10-21-18(14)16/h1-10,12H,(H2,23,24,25,26). The molecule has 0 bridgehead atoms. The van der Waals surface area contributed by atoms with Crippen molar-refractivity contribution in [1.29, 1.82) is 5.26 Å². The predicted octanol–water partition coefficient (Wildman–Crippen LogP) is 3.78. The van der Waals surface area contributed by atoms with Crippen LogP contribution in [0.2, 0.25) is 0 Å². The van der Waals surface area contributed by atoms with E-state index in [0.717, 1.165) is 22.3 Å². The summed E-state index contributed by atoms with van der Waals surface area (Å²) in [4.78, 5) is 8.84. The molecule has 0 amide bonds. The van der Waals surface area contributed by atoms with E-state index in [2.05, 4.69) is 36.9 Å². The normalized spacial score (nSPS) is 10.3. The second-order valence-electron chi connectivity index (χ2n) is 5.49. The molecule has 2 heterocycles. The molecule has 26 heavy (non-hydrogen) atoms. The lowest BCUT2D eigenvalue weighted by Gasteiger charge is -2.09. The lowest BCUT2D eigenvalue weighted by molar-refractivity contribution is 0.982. The summed E-state index contributed by atoms with van der Waals surface area (Å²) in [5.74, 6) is 0.905. The maximum Gasteiger partial charge on any atom is 0.249 e. The van der Waals surface area contributed by atoms with Crippen molar-refractivity contribution in [2.45, 2.75) is 0 Å². The number of fused-ring (bicyclic) bond motifs is 1. The average molecular weight is 339 g/mol. The van der Waals surface area contributed by atoms with Gasteiger partial charge in [0.05, 0.1) is 29.0 Å². The number of para-hydroxylation sites is 1. The Morgan fingerprint density at radius 2 is 1.77 bits per heavy atom. The first-order valence-electron chi connectivity index (χ1n) is 7.89. The smallest absolute Gasteiger partial charge is 0.249 e. The molecule has 2 N–H and O–H groups in total. The van der Waals surface area contributed by atoms with Gasteiger partial charge in [0.15, 0.2) is 5.82 Å². The molecule has 0 spiro atoms. The molecule has 0 unspecified atom stereocenters. The minimum Gasteiger partial charge on any atom is -0.337 e. The summed E-state index contributed by atoms with van der Waals surface area (Å²) in [5, 5.41) is 24.2. The largest absolute Gasteiger partial charge is 0.337 e. The van der Waals surface area contributed by atoms with E-state index in [-0.39, 0.29) is 0 Å². The van der Waals surface area contributed by atoms with Crippen LogP contribution in [-0.4, -0.2) is 20.2 Å². The van der Waals surface area contributed by atoms with Gasteiger partial charge >= 0.3 is 0 Å². The highest BCUT2D eigenvalue weighted by Gasteiger charge is 2.05. The molecule has 0 fully saturated rings. The topological polar surface area (TPSA) is 99.4 Å². The molecular formula is C19H13N7. The first-order chi connectivity index (χ1) is 12.8. The van der Waals surface area contributed by atoms with Crippen molar-refractivity contribution >= 4 is 34.0 Å². The number of anilines is 4. The van der Waals surface area contributed by atoms with E-state index in [9.17, 15) is 0 Å². The van der Waals surface area contributed by atoms with Gasteiger partial charge in [-0.15, -0.1) is 5.10 Å². The Morgan fingerprint density at radius 1 is 0.923 bits per heavy atom. The third-order valence-corrected chi connectivity index (χ3v) is 3.72. The fourth-order valence-electron chi connectivity index (χ4n) is 2.52. The number of pyridine rings is 1. The van der Waals surface area contributed by atoms with Crippen LogP contribution in [0.1, 0.15) is 5.56 Å². The molecule has 2 aromatic carbocycles. The maximum absolute atomic E-state index is 8.85. The van der Waals surface area contributed by atoms with Crippen molar-refractivity contribution in [3.05, 3.63) is 72.6 Å². The zero-order chi connectivity index (χ0) is 17.8. The Bertz CT molecular complexity index is 1100. The third kappa shape index (κ3) is 3.25. The fraction of sp³-hybridized carbons (Fsp3) is 0. The Morgan fingerprint density at radius 3 is 2.62 bits per heavy atom. The van der Waals surface area contributed by atoms with Gasteiger partial charge in [-0.25, -0.2) is 0 Å². The summed E-state index contributed by atoms with van der Waals surface area (Å²) >= 11 is 0. The molecule has 7 nitrogen and oxygen atoms in total. The van der Waals surface area contributed by atoms with Crippen molar-refractivity contribution in [3.63, 3.8) is 0 Å². The van der Waals surface area contributed by atoms with Gasteiger partial charge in [-0.05, 0) is 36.4 Å². The third-order valence-electron chi connectivity index (χ3n) is 3.72. The SMILES string of the molecule is N#Cc1ccc(Nc2nncc(Nc3cccc4cccnc34)n2)cc1. The van der Waals surface area contributed by atoms with Crippen LogP contribution in [0.4, 0.5) is 23.1 Å². The lowest BCUT2D eigenvalue weighted by atomic mass is 10.2. The molecule has 4 rings (SSSR count). The first kappa shape index (κ1) is 15.5. The van der Waals surface area contributed by atoms with E-state index in [4.69, 9.17) is 5.26 Å². The molecule has 0 radical (unpaired) electrons. The number of rotatable bonds is 4. The summed E-state index contributed by atoms with van der Waals surface area (Å²) in [6.45, 7) is 0. The van der Waals surface area contributed by atoms with E-state index in [1.54, 1.807) is 36.7 Å². The highest BCUT2D eigenvalue weighted by molar-refractivity contribution is 5.91. The van der Waals surface area contributed by atoms with E-state index in [0.29, 0.717) is 17.3 Å². The highest BCUT2D eigenvalue weighted by Crippen LogP contribution is 2.24. The minimum atomic E-state index is 0.355. The second-order valence-corrected chi connectivity index (χ2v) is 5.49. The van der Waals surface area contributed by atoms with Gasteiger partial charge in [0.25, 0.3) is 0 Å². The van der Waals surface area contributed by atoms with Crippen molar-refractivity contribution in [2.24, 2.45) is 0 Å². The highest BCUT2D eigenvalue weighted by atomic mass is 15.3. The Hall–Kier alpha value is -4.05. The molecule has 2 aromatic heterocycles. The number of hydrogen-bond donors (Lipinski definition) is 2. The molecule has 7 heteroatoms. The van der Waals surface area contributed by atoms with Gasteiger partial charge < -0.3 is 10.6 Å². The summed E-state index contributed by atoms with van der Waals surface area (Å²) in [7, 11) is 0. The molecule has 0 saturated carbocycles. The average Bonchev–Trinajstić information content (AvgIpc) is 2.69. The Labute approximate surface area is 149 Å². The zero-order valence-electron chi connectivity index (χ0n) is 13.6. The summed E-state index contributed by atoms with van der Waals surface area (Å²) in [5.41, 5.74) is 3.06. The van der Waals surface area contributed by atoms with Gasteiger partial charge in [-0.3, -0.25) is 4.98 Å². The molecule has 0 aliphatic rings. The lowest BCUT2D eigenvalue weighted by Crippen LogP contribution is -2.02. The molecule has 0 atom stereocenters. The number of nitrogens with zero attached hydrogens (tertiary/aromatic N) is 5. The Balaban J connectivity index is 1.58. The van der Waals surface area contributed by atoms with E-state index >= 15 is 0 Å². The van der Waals surface area contributed by atoms with Gasteiger partial charge in [0.2, 0.25) is 5.95 Å². The van der Waals surface area contributed by atoms with Crippen molar-refractivity contribution in [2.75, 3.05) is 10.6 Å². The number of nitrogens with one attached hydrogen (secondary N) is 2. The van der Waals surface area contributed by atoms with Crippen LogP contribution in [0.5, 0.6) is 0 Å². The number of benzene rings is 2. The van der Waals surface area contributed by atoms with Crippen LogP contribution in [0.3, 0.4) is 0 Å². The van der Waals surface area contributed by atoms with Crippen LogP contribution >= 0.6 is 0 Å². The van der Waals surface area contributed by atoms with Gasteiger partial charge in [0, 0.05) is 17.3 Å². The van der Waals surface area contributed by atoms with Crippen LogP contribution in [0.25, 0.3) is 10.9 Å². The van der Waals surface area contributed by atoms with Gasteiger partial charge in [-0.2, -0.15) is 15.3 Å². The molecule has 0 aliphatic carbocycles. The Kier molecular flexibility index (Phi) is 4.06. The first-order valence-corrected chi connectivity index (χ1v) is 7.89. The number of aromatic nitrogens is 4. The molecule has 0 saturated heterocycles. The second kappa shape index (κ2) is 6.83. The van der Waals surface area contributed by atoms with Crippen molar-refractivity contribution in [3.8, 4) is 6.07 Å². The van der Waals surface area contributed by atoms with Crippen LogP contribution in [0.15, 0.2) is 67.0 Å². The summed E-state index contributed by atoms with van der Waals surface area (Å²) in [6.07, 6.45) is 3.30. The number of nitriles is 1. The van der Waals surface area contributed by atoms with Gasteiger partial charge in [-0.1, -0.05) is 18.2 Å². The van der Waals surface area contributed by atoms with Gasteiger partial charge in [0.1, 0.15) is 0 Å². The molecule has 124 valence electrons. The number of hydrogen-bond acceptors (Lipinski definition) is 7. The predicted molar refractivity (Wildman–Crippen MR) is 99.3 cm³/mol. The fourth-order valence-corrected chi connectivity index (χ4v) is 2.52. The molecule has 4 aromatic rings. The van der Waals surface area contributed by atoms with Crippen LogP contribution in [0, 0.1) is 11.3 Å². The quantitative estimate of drug-likeness (QED) is 0.583. The van der Waals surface area contributed by atoms with E-state index in [1.165, 1.54) is 0 Å². The summed E-state index contributed by atoms with van der Waals surface area (Å²) < 4.78 is 0. The summed E-state index contributed by atoms with van der Waals surface area (Å²) in [6, 6.07) is 18.9. The minimum absolute atomic E-state index is 0.355. The molecule has 0 aliphatic heterocycles. The van der Waals surface area contributed by atoms with E-state index < -0.39 is 0 Å². The monoisotopic (exact) mass is 339 g/mol.